The molecule has 0 bridgehead atoms. The van der Waals surface area contributed by atoms with Gasteiger partial charge in [-0.25, -0.2) is 9.97 Å². The molecule has 1 atom stereocenters. The van der Waals surface area contributed by atoms with Crippen molar-refractivity contribution in [1.82, 2.24) is 14.5 Å². The number of aromatic nitrogens is 3. The zero-order chi connectivity index (χ0) is 17.9. The molecular weight excluding hydrogens is 346 g/mol. The summed E-state index contributed by atoms with van der Waals surface area (Å²) in [6, 6.07) is 10.2. The Morgan fingerprint density at radius 3 is 2.92 bits per heavy atom. The molecule has 134 valence electrons. The Morgan fingerprint density at radius 2 is 2.15 bits per heavy atom. The molecule has 3 aromatic rings. The molecule has 5 nitrogen and oxygen atoms in total. The van der Waals surface area contributed by atoms with E-state index < -0.39 is 0 Å². The number of carbonyl (C=O) groups is 1. The van der Waals surface area contributed by atoms with Crippen molar-refractivity contribution in [3.05, 3.63) is 58.3 Å². The van der Waals surface area contributed by atoms with E-state index in [4.69, 9.17) is 4.74 Å². The van der Waals surface area contributed by atoms with Gasteiger partial charge in [-0.3, -0.25) is 4.79 Å². The van der Waals surface area contributed by atoms with Crippen LogP contribution in [0.25, 0.3) is 11.4 Å². The van der Waals surface area contributed by atoms with Crippen LogP contribution in [0.5, 0.6) is 0 Å². The van der Waals surface area contributed by atoms with E-state index in [9.17, 15) is 4.79 Å². The highest BCUT2D eigenvalue weighted by molar-refractivity contribution is 7.09. The fraction of sp³-hybridized carbons (Fsp3) is 0.350. The summed E-state index contributed by atoms with van der Waals surface area (Å²) in [6.45, 7) is 3.21. The predicted octanol–water partition coefficient (Wildman–Crippen LogP) is 3.66. The molecule has 0 fully saturated rings. The Kier molecular flexibility index (Phi) is 4.84. The molecule has 0 radical (unpaired) electrons. The quantitative estimate of drug-likeness (QED) is 0.646. The number of ether oxygens (including phenoxy) is 1. The number of hydrogen-bond donors (Lipinski definition) is 0. The number of esters is 1. The van der Waals surface area contributed by atoms with Gasteiger partial charge in [-0.2, -0.15) is 0 Å². The van der Waals surface area contributed by atoms with Crippen molar-refractivity contribution in [2.75, 3.05) is 6.61 Å². The monoisotopic (exact) mass is 367 g/mol. The summed E-state index contributed by atoms with van der Waals surface area (Å²) in [7, 11) is 0. The van der Waals surface area contributed by atoms with Gasteiger partial charge in [-0.15, -0.1) is 11.3 Å². The fourth-order valence-electron chi connectivity index (χ4n) is 3.41. The number of imidazole rings is 1. The number of nitrogens with zero attached hydrogens (tertiary/aromatic N) is 3. The maximum absolute atomic E-state index is 12.4. The normalized spacial score (nSPS) is 16.3. The van der Waals surface area contributed by atoms with Gasteiger partial charge in [-0.05, 0) is 13.3 Å². The van der Waals surface area contributed by atoms with Crippen molar-refractivity contribution in [2.45, 2.75) is 32.7 Å². The molecule has 0 aliphatic carbocycles. The number of hydrogen-bond acceptors (Lipinski definition) is 5. The predicted molar refractivity (Wildman–Crippen MR) is 101 cm³/mol. The van der Waals surface area contributed by atoms with Crippen LogP contribution in [0, 0.1) is 12.8 Å². The number of carbonyl (C=O) groups excluding carboxylic acids is 1. The Labute approximate surface area is 156 Å². The summed E-state index contributed by atoms with van der Waals surface area (Å²) in [5.41, 5.74) is 5.08. The first-order valence-electron chi connectivity index (χ1n) is 8.88. The van der Waals surface area contributed by atoms with E-state index in [-0.39, 0.29) is 11.9 Å². The number of rotatable bonds is 5. The van der Waals surface area contributed by atoms with Crippen molar-refractivity contribution in [3.8, 4) is 11.4 Å². The summed E-state index contributed by atoms with van der Waals surface area (Å²) in [5, 5.41) is 0. The zero-order valence-electron chi connectivity index (χ0n) is 14.7. The molecule has 1 aromatic carbocycles. The van der Waals surface area contributed by atoms with Crippen LogP contribution in [0.4, 0.5) is 0 Å². The van der Waals surface area contributed by atoms with E-state index in [1.807, 2.05) is 36.8 Å². The van der Waals surface area contributed by atoms with Crippen LogP contribution >= 0.6 is 11.3 Å². The third-order valence-electron chi connectivity index (χ3n) is 4.88. The number of thiazole rings is 1. The van der Waals surface area contributed by atoms with Gasteiger partial charge in [0.2, 0.25) is 0 Å². The van der Waals surface area contributed by atoms with Crippen molar-refractivity contribution in [3.63, 3.8) is 0 Å². The second kappa shape index (κ2) is 7.41. The number of aryl methyl sites for hydroxylation is 1. The Morgan fingerprint density at radius 1 is 1.31 bits per heavy atom. The van der Waals surface area contributed by atoms with Crippen molar-refractivity contribution in [2.24, 2.45) is 5.92 Å². The van der Waals surface area contributed by atoms with Crippen LogP contribution in [0.2, 0.25) is 0 Å². The second-order valence-electron chi connectivity index (χ2n) is 6.56. The molecule has 0 spiro atoms. The lowest BCUT2D eigenvalue weighted by atomic mass is 9.96. The van der Waals surface area contributed by atoms with E-state index in [1.165, 1.54) is 4.88 Å². The summed E-state index contributed by atoms with van der Waals surface area (Å²) in [5.74, 6) is 0.805. The van der Waals surface area contributed by atoms with Gasteiger partial charge in [-0.1, -0.05) is 30.3 Å². The van der Waals surface area contributed by atoms with Crippen molar-refractivity contribution >= 4 is 17.3 Å². The van der Waals surface area contributed by atoms with Crippen LogP contribution in [0.15, 0.2) is 42.0 Å². The molecule has 26 heavy (non-hydrogen) atoms. The van der Waals surface area contributed by atoms with Crippen molar-refractivity contribution in [1.29, 1.82) is 0 Å². The molecule has 0 amide bonds. The van der Waals surface area contributed by atoms with Crippen LogP contribution in [-0.2, 0) is 28.9 Å². The lowest BCUT2D eigenvalue weighted by Gasteiger charge is -2.23. The SMILES string of the molecule is Cc1ncsc1CCOC(=O)C1CCn2c(cnc2-c2ccccc2)C1. The lowest BCUT2D eigenvalue weighted by Crippen LogP contribution is -2.27. The van der Waals surface area contributed by atoms with E-state index in [0.717, 1.165) is 42.2 Å². The summed E-state index contributed by atoms with van der Waals surface area (Å²) >= 11 is 1.61. The Hall–Kier alpha value is -2.47. The van der Waals surface area contributed by atoms with Gasteiger partial charge in [0.15, 0.2) is 0 Å². The smallest absolute Gasteiger partial charge is 0.309 e. The third kappa shape index (κ3) is 3.42. The van der Waals surface area contributed by atoms with Gasteiger partial charge < -0.3 is 9.30 Å². The van der Waals surface area contributed by atoms with Crippen LogP contribution in [0.3, 0.4) is 0 Å². The fourth-order valence-corrected chi connectivity index (χ4v) is 4.17. The summed E-state index contributed by atoms with van der Waals surface area (Å²) in [6.07, 6.45) is 4.12. The number of fused-ring (bicyclic) bond motifs is 1. The largest absolute Gasteiger partial charge is 0.465 e. The first kappa shape index (κ1) is 17.0. The van der Waals surface area contributed by atoms with E-state index >= 15 is 0 Å². The molecule has 0 N–H and O–H groups in total. The number of benzene rings is 1. The second-order valence-corrected chi connectivity index (χ2v) is 7.50. The average Bonchev–Trinajstić information content (AvgIpc) is 3.28. The first-order chi connectivity index (χ1) is 12.7. The molecular formula is C20H21N3O2S. The molecule has 0 saturated carbocycles. The highest BCUT2D eigenvalue weighted by Crippen LogP contribution is 2.27. The first-order valence-corrected chi connectivity index (χ1v) is 9.76. The third-order valence-corrected chi connectivity index (χ3v) is 5.87. The Balaban J connectivity index is 1.37. The van der Waals surface area contributed by atoms with Crippen LogP contribution in [0.1, 0.15) is 22.7 Å². The Bertz CT molecular complexity index is 901. The van der Waals surface area contributed by atoms with Gasteiger partial charge in [0.1, 0.15) is 5.82 Å². The lowest BCUT2D eigenvalue weighted by molar-refractivity contribution is -0.149. The van der Waals surface area contributed by atoms with Crippen molar-refractivity contribution < 1.29 is 9.53 Å². The minimum Gasteiger partial charge on any atom is -0.465 e. The molecule has 1 unspecified atom stereocenters. The highest BCUT2D eigenvalue weighted by Gasteiger charge is 2.28. The minimum absolute atomic E-state index is 0.0784. The molecule has 2 aromatic heterocycles. The minimum atomic E-state index is -0.0964. The van der Waals surface area contributed by atoms with Gasteiger partial charge in [0.25, 0.3) is 0 Å². The van der Waals surface area contributed by atoms with Crippen LogP contribution < -0.4 is 0 Å². The van der Waals surface area contributed by atoms with E-state index in [1.54, 1.807) is 11.3 Å². The maximum atomic E-state index is 12.4. The van der Waals surface area contributed by atoms with E-state index in [2.05, 4.69) is 26.7 Å². The highest BCUT2D eigenvalue weighted by atomic mass is 32.1. The molecule has 0 saturated heterocycles. The zero-order valence-corrected chi connectivity index (χ0v) is 15.5. The molecule has 1 aliphatic heterocycles. The maximum Gasteiger partial charge on any atom is 0.309 e. The summed E-state index contributed by atoms with van der Waals surface area (Å²) < 4.78 is 7.75. The molecule has 4 rings (SSSR count). The van der Waals surface area contributed by atoms with E-state index in [0.29, 0.717) is 13.0 Å². The topological polar surface area (TPSA) is 57.0 Å². The molecule has 6 heteroatoms. The van der Waals surface area contributed by atoms with Crippen LogP contribution in [-0.4, -0.2) is 27.1 Å². The van der Waals surface area contributed by atoms with Gasteiger partial charge in [0.05, 0.1) is 23.7 Å². The van der Waals surface area contributed by atoms with Gasteiger partial charge in [0, 0.05) is 41.7 Å². The van der Waals surface area contributed by atoms with Gasteiger partial charge >= 0.3 is 5.97 Å². The molecule has 1 aliphatic rings. The summed E-state index contributed by atoms with van der Waals surface area (Å²) in [4.78, 5) is 22.4. The molecule has 3 heterocycles. The average molecular weight is 367 g/mol. The standard InChI is InChI=1S/C20H21N3O2S/c1-14-18(26-13-22-14)8-10-25-20(24)16-7-9-23-17(11-16)12-21-19(23)15-5-3-2-4-6-15/h2-6,12-13,16H,7-11H2,1H3.